The molecular formula is C15H19ClN2. The molecule has 0 saturated heterocycles. The van der Waals surface area contributed by atoms with Gasteiger partial charge in [-0.05, 0) is 24.8 Å². The fourth-order valence-corrected chi connectivity index (χ4v) is 2.46. The molecule has 0 amide bonds. The van der Waals surface area contributed by atoms with Crippen LogP contribution in [-0.2, 0) is 25.3 Å². The molecule has 0 saturated carbocycles. The SMILES string of the molecule is CCc1c(CCl)cnn1CCCc1ccccc1. The molecule has 0 aliphatic rings. The zero-order valence-electron chi connectivity index (χ0n) is 10.8. The fraction of sp³-hybridized carbons (Fsp3) is 0.400. The van der Waals surface area contributed by atoms with Gasteiger partial charge in [-0.2, -0.15) is 5.10 Å². The summed E-state index contributed by atoms with van der Waals surface area (Å²) in [6.45, 7) is 3.12. The van der Waals surface area contributed by atoms with Crippen LogP contribution < -0.4 is 0 Å². The van der Waals surface area contributed by atoms with Gasteiger partial charge in [0.1, 0.15) is 0 Å². The Hall–Kier alpha value is -1.28. The first-order valence-corrected chi connectivity index (χ1v) is 7.02. The third kappa shape index (κ3) is 3.14. The molecule has 1 aromatic carbocycles. The number of nitrogens with zero attached hydrogens (tertiary/aromatic N) is 2. The molecule has 0 unspecified atom stereocenters. The average Bonchev–Trinajstić information content (AvgIpc) is 2.82. The van der Waals surface area contributed by atoms with Crippen LogP contribution in [0.15, 0.2) is 36.5 Å². The van der Waals surface area contributed by atoms with Gasteiger partial charge in [0.15, 0.2) is 0 Å². The maximum absolute atomic E-state index is 5.90. The van der Waals surface area contributed by atoms with Crippen LogP contribution >= 0.6 is 11.6 Å². The zero-order valence-corrected chi connectivity index (χ0v) is 11.5. The largest absolute Gasteiger partial charge is 0.269 e. The van der Waals surface area contributed by atoms with Crippen LogP contribution in [-0.4, -0.2) is 9.78 Å². The molecule has 0 fully saturated rings. The van der Waals surface area contributed by atoms with Gasteiger partial charge < -0.3 is 0 Å². The Labute approximate surface area is 114 Å². The van der Waals surface area contributed by atoms with Crippen molar-refractivity contribution in [1.82, 2.24) is 9.78 Å². The van der Waals surface area contributed by atoms with Crippen molar-refractivity contribution in [2.45, 2.75) is 38.6 Å². The van der Waals surface area contributed by atoms with Gasteiger partial charge in [0.05, 0.1) is 12.1 Å². The molecule has 0 spiro atoms. The Morgan fingerprint density at radius 2 is 2.00 bits per heavy atom. The molecule has 2 nitrogen and oxygen atoms in total. The molecule has 0 bridgehead atoms. The van der Waals surface area contributed by atoms with E-state index in [1.54, 1.807) is 0 Å². The number of aromatic nitrogens is 2. The Bertz CT molecular complexity index is 476. The number of benzene rings is 1. The van der Waals surface area contributed by atoms with Crippen molar-refractivity contribution in [3.8, 4) is 0 Å². The molecule has 0 atom stereocenters. The molecule has 0 radical (unpaired) electrons. The first-order valence-electron chi connectivity index (χ1n) is 6.48. The van der Waals surface area contributed by atoms with E-state index in [9.17, 15) is 0 Å². The van der Waals surface area contributed by atoms with E-state index >= 15 is 0 Å². The van der Waals surface area contributed by atoms with Crippen LogP contribution in [0.2, 0.25) is 0 Å². The first kappa shape index (κ1) is 13.2. The molecule has 2 aromatic rings. The highest BCUT2D eigenvalue weighted by molar-refractivity contribution is 6.17. The average molecular weight is 263 g/mol. The van der Waals surface area contributed by atoms with Crippen molar-refractivity contribution < 1.29 is 0 Å². The van der Waals surface area contributed by atoms with Gasteiger partial charge in [0, 0.05) is 17.8 Å². The van der Waals surface area contributed by atoms with Crippen LogP contribution in [0.1, 0.15) is 30.2 Å². The molecule has 0 aliphatic carbocycles. The summed E-state index contributed by atoms with van der Waals surface area (Å²) in [7, 11) is 0. The maximum Gasteiger partial charge on any atom is 0.0536 e. The van der Waals surface area contributed by atoms with Crippen molar-refractivity contribution in [3.05, 3.63) is 53.3 Å². The van der Waals surface area contributed by atoms with Crippen molar-refractivity contribution in [1.29, 1.82) is 0 Å². The van der Waals surface area contributed by atoms with E-state index in [1.807, 2.05) is 6.20 Å². The van der Waals surface area contributed by atoms with Crippen molar-refractivity contribution in [2.24, 2.45) is 0 Å². The monoisotopic (exact) mass is 262 g/mol. The minimum atomic E-state index is 0.557. The Morgan fingerprint density at radius 1 is 1.22 bits per heavy atom. The number of aryl methyl sites for hydroxylation is 2. The summed E-state index contributed by atoms with van der Waals surface area (Å²) in [5.74, 6) is 0.557. The van der Waals surface area contributed by atoms with Crippen LogP contribution in [0.25, 0.3) is 0 Å². The van der Waals surface area contributed by atoms with E-state index in [0.29, 0.717) is 5.88 Å². The van der Waals surface area contributed by atoms with Crippen LogP contribution in [0.5, 0.6) is 0 Å². The van der Waals surface area contributed by atoms with Gasteiger partial charge in [-0.3, -0.25) is 4.68 Å². The summed E-state index contributed by atoms with van der Waals surface area (Å²) in [6, 6.07) is 10.6. The number of alkyl halides is 1. The zero-order chi connectivity index (χ0) is 12.8. The quantitative estimate of drug-likeness (QED) is 0.724. The maximum atomic E-state index is 5.90. The highest BCUT2D eigenvalue weighted by Crippen LogP contribution is 2.13. The standard InChI is InChI=1S/C15H19ClN2/c1-2-15-14(11-16)12-17-18(15)10-6-9-13-7-4-3-5-8-13/h3-5,7-8,12H,2,6,9-11H2,1H3. The summed E-state index contributed by atoms with van der Waals surface area (Å²) in [6.07, 6.45) is 5.10. The molecule has 2 rings (SSSR count). The predicted octanol–water partition coefficient (Wildman–Crippen LogP) is 3.82. The Morgan fingerprint density at radius 3 is 2.67 bits per heavy atom. The minimum Gasteiger partial charge on any atom is -0.269 e. The lowest BCUT2D eigenvalue weighted by atomic mass is 10.1. The molecule has 0 aliphatic heterocycles. The highest BCUT2D eigenvalue weighted by atomic mass is 35.5. The number of halogens is 1. The van der Waals surface area contributed by atoms with Gasteiger partial charge in [0.25, 0.3) is 0 Å². The van der Waals surface area contributed by atoms with Gasteiger partial charge in [0.2, 0.25) is 0 Å². The number of rotatable bonds is 6. The lowest BCUT2D eigenvalue weighted by Crippen LogP contribution is -2.06. The van der Waals surface area contributed by atoms with Crippen molar-refractivity contribution >= 4 is 11.6 Å². The second-order valence-electron chi connectivity index (χ2n) is 4.42. The third-order valence-electron chi connectivity index (χ3n) is 3.19. The smallest absolute Gasteiger partial charge is 0.0536 e. The van der Waals surface area contributed by atoms with Crippen LogP contribution in [0, 0.1) is 0 Å². The summed E-state index contributed by atoms with van der Waals surface area (Å²) in [5, 5.41) is 4.42. The molecule has 1 heterocycles. The summed E-state index contributed by atoms with van der Waals surface area (Å²) in [4.78, 5) is 0. The van der Waals surface area contributed by atoms with E-state index in [0.717, 1.165) is 25.8 Å². The Balaban J connectivity index is 1.92. The lowest BCUT2D eigenvalue weighted by Gasteiger charge is -2.07. The fourth-order valence-electron chi connectivity index (χ4n) is 2.24. The second-order valence-corrected chi connectivity index (χ2v) is 4.68. The minimum absolute atomic E-state index is 0.557. The summed E-state index contributed by atoms with van der Waals surface area (Å²) in [5.41, 5.74) is 3.83. The summed E-state index contributed by atoms with van der Waals surface area (Å²) >= 11 is 5.90. The predicted molar refractivity (Wildman–Crippen MR) is 75.9 cm³/mol. The topological polar surface area (TPSA) is 17.8 Å². The first-order chi connectivity index (χ1) is 8.85. The van der Waals surface area contributed by atoms with E-state index in [4.69, 9.17) is 11.6 Å². The summed E-state index contributed by atoms with van der Waals surface area (Å²) < 4.78 is 2.10. The van der Waals surface area contributed by atoms with Gasteiger partial charge >= 0.3 is 0 Å². The third-order valence-corrected chi connectivity index (χ3v) is 3.48. The van der Waals surface area contributed by atoms with E-state index < -0.39 is 0 Å². The molecule has 18 heavy (non-hydrogen) atoms. The second kappa shape index (κ2) is 6.60. The molecule has 0 N–H and O–H groups in total. The van der Waals surface area contributed by atoms with Crippen LogP contribution in [0.4, 0.5) is 0 Å². The lowest BCUT2D eigenvalue weighted by molar-refractivity contribution is 0.556. The van der Waals surface area contributed by atoms with Crippen molar-refractivity contribution in [3.63, 3.8) is 0 Å². The normalized spacial score (nSPS) is 10.8. The highest BCUT2D eigenvalue weighted by Gasteiger charge is 2.07. The Kier molecular flexibility index (Phi) is 4.82. The van der Waals surface area contributed by atoms with E-state index in [2.05, 4.69) is 47.0 Å². The molecule has 3 heteroatoms. The molecular weight excluding hydrogens is 244 g/mol. The van der Waals surface area contributed by atoms with Gasteiger partial charge in [-0.1, -0.05) is 37.3 Å². The van der Waals surface area contributed by atoms with Gasteiger partial charge in [-0.15, -0.1) is 11.6 Å². The molecule has 1 aromatic heterocycles. The van der Waals surface area contributed by atoms with Gasteiger partial charge in [-0.25, -0.2) is 0 Å². The number of hydrogen-bond acceptors (Lipinski definition) is 1. The molecule has 96 valence electrons. The van der Waals surface area contributed by atoms with Crippen molar-refractivity contribution in [2.75, 3.05) is 0 Å². The van der Waals surface area contributed by atoms with E-state index in [1.165, 1.54) is 16.8 Å². The van der Waals surface area contributed by atoms with E-state index in [-0.39, 0.29) is 0 Å². The number of hydrogen-bond donors (Lipinski definition) is 0. The van der Waals surface area contributed by atoms with Crippen LogP contribution in [0.3, 0.4) is 0 Å².